The number of rotatable bonds is 7. The van der Waals surface area contributed by atoms with Gasteiger partial charge in [-0.15, -0.1) is 0 Å². The number of nitrogens with zero attached hydrogens (tertiary/aromatic N) is 1. The third-order valence-electron chi connectivity index (χ3n) is 3.19. The monoisotopic (exact) mass is 256 g/mol. The fraction of sp³-hybridized carbons (Fsp3) is 0.846. The molecule has 5 heteroatoms. The molecule has 1 fully saturated rings. The molecule has 0 aromatic heterocycles. The van der Waals surface area contributed by atoms with E-state index in [0.717, 1.165) is 38.9 Å². The molecule has 5 nitrogen and oxygen atoms in total. The van der Waals surface area contributed by atoms with Crippen molar-refractivity contribution in [3.8, 4) is 0 Å². The molecule has 104 valence electrons. The van der Waals surface area contributed by atoms with Crippen LogP contribution in [-0.4, -0.2) is 50.1 Å². The molecule has 1 aliphatic rings. The van der Waals surface area contributed by atoms with Gasteiger partial charge in [-0.1, -0.05) is 0 Å². The molecule has 0 radical (unpaired) electrons. The van der Waals surface area contributed by atoms with Gasteiger partial charge >= 0.3 is 5.97 Å². The lowest BCUT2D eigenvalue weighted by Crippen LogP contribution is -2.37. The molecule has 0 atom stereocenters. The van der Waals surface area contributed by atoms with Crippen LogP contribution in [0.5, 0.6) is 0 Å². The first-order valence-electron chi connectivity index (χ1n) is 6.79. The molecular weight excluding hydrogens is 232 g/mol. The number of nitrogens with one attached hydrogen (secondary N) is 1. The zero-order valence-electron chi connectivity index (χ0n) is 11.2. The minimum Gasteiger partial charge on any atom is -0.469 e. The summed E-state index contributed by atoms with van der Waals surface area (Å²) in [4.78, 5) is 24.6. The Hall–Kier alpha value is -1.10. The van der Waals surface area contributed by atoms with Crippen molar-refractivity contribution in [2.75, 3.05) is 33.3 Å². The van der Waals surface area contributed by atoms with Crippen LogP contribution in [0.2, 0.25) is 0 Å². The quantitative estimate of drug-likeness (QED) is 0.544. The summed E-state index contributed by atoms with van der Waals surface area (Å²) < 4.78 is 4.55. The number of amides is 1. The van der Waals surface area contributed by atoms with Gasteiger partial charge < -0.3 is 15.0 Å². The second-order valence-corrected chi connectivity index (χ2v) is 4.62. The molecule has 0 aromatic rings. The summed E-state index contributed by atoms with van der Waals surface area (Å²) in [7, 11) is 1.40. The second kappa shape index (κ2) is 8.91. The minimum atomic E-state index is -0.179. The van der Waals surface area contributed by atoms with E-state index in [4.69, 9.17) is 0 Å². The molecule has 0 aromatic carbocycles. The number of esters is 1. The summed E-state index contributed by atoms with van der Waals surface area (Å²) in [5.41, 5.74) is 0. The van der Waals surface area contributed by atoms with E-state index in [0.29, 0.717) is 19.4 Å². The Morgan fingerprint density at radius 2 is 1.83 bits per heavy atom. The van der Waals surface area contributed by atoms with Crippen LogP contribution < -0.4 is 5.32 Å². The molecule has 1 amide bonds. The van der Waals surface area contributed by atoms with Crippen molar-refractivity contribution in [3.63, 3.8) is 0 Å². The SMILES string of the molecule is COC(=O)CCCNCCC(=O)N1CCCCC1. The zero-order chi connectivity index (χ0) is 13.2. The number of hydrogen-bond acceptors (Lipinski definition) is 4. The number of hydrogen-bond donors (Lipinski definition) is 1. The van der Waals surface area contributed by atoms with E-state index < -0.39 is 0 Å². The van der Waals surface area contributed by atoms with Gasteiger partial charge in [0, 0.05) is 32.5 Å². The van der Waals surface area contributed by atoms with Crippen LogP contribution >= 0.6 is 0 Å². The maximum Gasteiger partial charge on any atom is 0.305 e. The third-order valence-corrected chi connectivity index (χ3v) is 3.19. The summed E-state index contributed by atoms with van der Waals surface area (Å²) in [6, 6.07) is 0. The average Bonchev–Trinajstić information content (AvgIpc) is 2.43. The van der Waals surface area contributed by atoms with Crippen molar-refractivity contribution in [1.29, 1.82) is 0 Å². The molecule has 1 aliphatic heterocycles. The zero-order valence-corrected chi connectivity index (χ0v) is 11.2. The van der Waals surface area contributed by atoms with Crippen LogP contribution in [-0.2, 0) is 14.3 Å². The fourth-order valence-corrected chi connectivity index (χ4v) is 2.08. The number of carbonyl (C=O) groups excluding carboxylic acids is 2. The van der Waals surface area contributed by atoms with Crippen LogP contribution in [0.4, 0.5) is 0 Å². The second-order valence-electron chi connectivity index (χ2n) is 4.62. The van der Waals surface area contributed by atoms with Crippen LogP contribution in [0, 0.1) is 0 Å². The van der Waals surface area contributed by atoms with Gasteiger partial charge in [-0.2, -0.15) is 0 Å². The van der Waals surface area contributed by atoms with Gasteiger partial charge in [0.15, 0.2) is 0 Å². The van der Waals surface area contributed by atoms with Crippen molar-refractivity contribution in [2.24, 2.45) is 0 Å². The van der Waals surface area contributed by atoms with Crippen LogP contribution in [0.25, 0.3) is 0 Å². The highest BCUT2D eigenvalue weighted by atomic mass is 16.5. The summed E-state index contributed by atoms with van der Waals surface area (Å²) >= 11 is 0. The lowest BCUT2D eigenvalue weighted by atomic mass is 10.1. The lowest BCUT2D eigenvalue weighted by Gasteiger charge is -2.26. The van der Waals surface area contributed by atoms with Gasteiger partial charge in [0.25, 0.3) is 0 Å². The summed E-state index contributed by atoms with van der Waals surface area (Å²) in [5.74, 6) is 0.0661. The van der Waals surface area contributed by atoms with Crippen molar-refractivity contribution in [1.82, 2.24) is 10.2 Å². The maximum atomic E-state index is 11.8. The van der Waals surface area contributed by atoms with Gasteiger partial charge in [-0.25, -0.2) is 0 Å². The van der Waals surface area contributed by atoms with E-state index in [9.17, 15) is 9.59 Å². The fourth-order valence-electron chi connectivity index (χ4n) is 2.08. The van der Waals surface area contributed by atoms with Crippen molar-refractivity contribution < 1.29 is 14.3 Å². The predicted octanol–water partition coefficient (Wildman–Crippen LogP) is 0.932. The van der Waals surface area contributed by atoms with Crippen LogP contribution in [0.15, 0.2) is 0 Å². The maximum absolute atomic E-state index is 11.8. The molecule has 0 unspecified atom stereocenters. The smallest absolute Gasteiger partial charge is 0.305 e. The Bertz CT molecular complexity index is 263. The molecule has 1 N–H and O–H groups in total. The van der Waals surface area contributed by atoms with E-state index in [2.05, 4.69) is 10.1 Å². The average molecular weight is 256 g/mol. The van der Waals surface area contributed by atoms with Crippen LogP contribution in [0.3, 0.4) is 0 Å². The molecule has 0 spiro atoms. The van der Waals surface area contributed by atoms with E-state index in [1.165, 1.54) is 13.5 Å². The Morgan fingerprint density at radius 1 is 1.11 bits per heavy atom. The molecule has 0 bridgehead atoms. The molecular formula is C13H24N2O3. The first-order valence-corrected chi connectivity index (χ1v) is 6.79. The summed E-state index contributed by atoms with van der Waals surface area (Å²) in [5, 5.41) is 3.18. The van der Waals surface area contributed by atoms with E-state index in [-0.39, 0.29) is 11.9 Å². The van der Waals surface area contributed by atoms with Gasteiger partial charge in [0.2, 0.25) is 5.91 Å². The summed E-state index contributed by atoms with van der Waals surface area (Å²) in [6.45, 7) is 3.28. The standard InChI is InChI=1S/C13H24N2O3/c1-18-13(17)6-5-8-14-9-7-12(16)15-10-3-2-4-11-15/h14H,2-11H2,1H3. The lowest BCUT2D eigenvalue weighted by molar-refractivity contribution is -0.140. The molecule has 18 heavy (non-hydrogen) atoms. The summed E-state index contributed by atoms with van der Waals surface area (Å²) in [6.07, 6.45) is 5.26. The number of methoxy groups -OCH3 is 1. The van der Waals surface area contributed by atoms with Crippen molar-refractivity contribution in [3.05, 3.63) is 0 Å². The molecule has 1 rings (SSSR count). The van der Waals surface area contributed by atoms with Gasteiger partial charge in [-0.3, -0.25) is 9.59 Å². The van der Waals surface area contributed by atoms with Crippen molar-refractivity contribution >= 4 is 11.9 Å². The van der Waals surface area contributed by atoms with E-state index >= 15 is 0 Å². The number of piperidine rings is 1. The van der Waals surface area contributed by atoms with Gasteiger partial charge in [0.05, 0.1) is 7.11 Å². The topological polar surface area (TPSA) is 58.6 Å². The van der Waals surface area contributed by atoms with E-state index in [1.807, 2.05) is 4.90 Å². The van der Waals surface area contributed by atoms with E-state index in [1.54, 1.807) is 0 Å². The first kappa shape index (κ1) is 15.0. The molecule has 1 saturated heterocycles. The van der Waals surface area contributed by atoms with Gasteiger partial charge in [0.1, 0.15) is 0 Å². The Labute approximate surface area is 109 Å². The highest BCUT2D eigenvalue weighted by Gasteiger charge is 2.15. The predicted molar refractivity (Wildman–Crippen MR) is 69.2 cm³/mol. The first-order chi connectivity index (χ1) is 8.74. The minimum absolute atomic E-state index is 0.179. The Balaban J connectivity index is 1.96. The van der Waals surface area contributed by atoms with Crippen LogP contribution in [0.1, 0.15) is 38.5 Å². The van der Waals surface area contributed by atoms with Crippen molar-refractivity contribution in [2.45, 2.75) is 38.5 Å². The Kier molecular flexibility index (Phi) is 7.41. The Morgan fingerprint density at radius 3 is 2.50 bits per heavy atom. The normalized spacial score (nSPS) is 15.5. The highest BCUT2D eigenvalue weighted by Crippen LogP contribution is 2.09. The third kappa shape index (κ3) is 6.00. The number of likely N-dealkylation sites (tertiary alicyclic amines) is 1. The highest BCUT2D eigenvalue weighted by molar-refractivity contribution is 5.76. The molecule has 1 heterocycles. The molecule has 0 aliphatic carbocycles. The number of ether oxygens (including phenoxy) is 1. The van der Waals surface area contributed by atoms with Gasteiger partial charge in [-0.05, 0) is 32.2 Å². The number of carbonyl (C=O) groups is 2. The largest absolute Gasteiger partial charge is 0.469 e. The molecule has 0 saturated carbocycles.